The van der Waals surface area contributed by atoms with Crippen LogP contribution < -0.4 is 0 Å². The first-order chi connectivity index (χ1) is 7.68. The highest BCUT2D eigenvalue weighted by Crippen LogP contribution is 2.49. The van der Waals surface area contributed by atoms with E-state index < -0.39 is 7.60 Å². The second-order valence-corrected chi connectivity index (χ2v) is 5.87. The third-order valence-corrected chi connectivity index (χ3v) is 4.47. The fourth-order valence-electron chi connectivity index (χ4n) is 1.57. The molecule has 0 N–H and O–H groups in total. The van der Waals surface area contributed by atoms with Gasteiger partial charge in [-0.1, -0.05) is 30.3 Å². The summed E-state index contributed by atoms with van der Waals surface area (Å²) in [5.41, 5.74) is 2.06. The normalized spacial score (nSPS) is 19.4. The van der Waals surface area contributed by atoms with E-state index >= 15 is 0 Å². The molecule has 1 unspecified atom stereocenters. The summed E-state index contributed by atoms with van der Waals surface area (Å²) in [6.07, 6.45) is 0.324. The Kier molecular flexibility index (Phi) is 3.24. The maximum absolute atomic E-state index is 11.9. The molecular formula is C11H14NO3P. The molecule has 0 fully saturated rings. The lowest BCUT2D eigenvalue weighted by Gasteiger charge is -2.12. The molecule has 86 valence electrons. The van der Waals surface area contributed by atoms with Gasteiger partial charge in [-0.15, -0.1) is 0 Å². The van der Waals surface area contributed by atoms with E-state index in [4.69, 9.17) is 9.05 Å². The van der Waals surface area contributed by atoms with Gasteiger partial charge in [0.1, 0.15) is 6.04 Å². The lowest BCUT2D eigenvalue weighted by atomic mass is 10.1. The fraction of sp³-hybridized carbons (Fsp3) is 0.364. The Morgan fingerprint density at radius 2 is 1.88 bits per heavy atom. The standard InChI is InChI=1S/C11H14NO3P/c1-14-16(13,15-2)8-10-11(12-10)9-6-4-3-5-7-9/h3-7,10H,8H2,1-2H3. The van der Waals surface area contributed by atoms with E-state index in [-0.39, 0.29) is 6.04 Å². The average Bonchev–Trinajstić information content (AvgIpc) is 3.09. The van der Waals surface area contributed by atoms with Crippen LogP contribution in [0.15, 0.2) is 35.3 Å². The van der Waals surface area contributed by atoms with Crippen molar-refractivity contribution < 1.29 is 13.6 Å². The van der Waals surface area contributed by atoms with Gasteiger partial charge in [0.15, 0.2) is 0 Å². The number of rotatable bonds is 5. The number of aliphatic imine (C=N–C) groups is 1. The number of hydrogen-bond acceptors (Lipinski definition) is 4. The van der Waals surface area contributed by atoms with Crippen molar-refractivity contribution in [3.63, 3.8) is 0 Å². The lowest BCUT2D eigenvalue weighted by molar-refractivity contribution is 0.276. The predicted molar refractivity (Wildman–Crippen MR) is 63.3 cm³/mol. The Balaban J connectivity index is 1.97. The fourth-order valence-corrected chi connectivity index (χ4v) is 2.69. The SMILES string of the molecule is COP(=O)(CC1N=C1c1ccccc1)OC. The molecule has 0 aliphatic carbocycles. The zero-order valence-corrected chi connectivity index (χ0v) is 10.2. The molecule has 0 radical (unpaired) electrons. The van der Waals surface area contributed by atoms with Crippen LogP contribution in [-0.2, 0) is 13.6 Å². The van der Waals surface area contributed by atoms with Gasteiger partial charge in [-0.3, -0.25) is 9.56 Å². The van der Waals surface area contributed by atoms with Gasteiger partial charge >= 0.3 is 7.60 Å². The summed E-state index contributed by atoms with van der Waals surface area (Å²) < 4.78 is 21.6. The Bertz CT molecular complexity index is 436. The summed E-state index contributed by atoms with van der Waals surface area (Å²) >= 11 is 0. The Hall–Kier alpha value is -0.960. The molecule has 1 heterocycles. The first-order valence-corrected chi connectivity index (χ1v) is 6.75. The smallest absolute Gasteiger partial charge is 0.312 e. The van der Waals surface area contributed by atoms with Gasteiger partial charge in [-0.25, -0.2) is 0 Å². The van der Waals surface area contributed by atoms with Crippen LogP contribution in [0.3, 0.4) is 0 Å². The van der Waals surface area contributed by atoms with E-state index in [9.17, 15) is 4.57 Å². The first-order valence-electron chi connectivity index (χ1n) is 5.02. The highest BCUT2D eigenvalue weighted by atomic mass is 31.2. The van der Waals surface area contributed by atoms with E-state index in [0.717, 1.165) is 11.3 Å². The molecule has 0 bridgehead atoms. The third-order valence-electron chi connectivity index (χ3n) is 2.57. The summed E-state index contributed by atoms with van der Waals surface area (Å²) in [6.45, 7) is 0. The van der Waals surface area contributed by atoms with E-state index in [2.05, 4.69) is 4.99 Å². The summed E-state index contributed by atoms with van der Waals surface area (Å²) in [5, 5.41) is 0. The van der Waals surface area contributed by atoms with E-state index in [1.807, 2.05) is 30.3 Å². The van der Waals surface area contributed by atoms with Gasteiger partial charge < -0.3 is 9.05 Å². The molecule has 0 amide bonds. The van der Waals surface area contributed by atoms with Gasteiger partial charge in [0.05, 0.1) is 11.9 Å². The highest BCUT2D eigenvalue weighted by molar-refractivity contribution is 7.53. The molecule has 1 aliphatic heterocycles. The molecule has 4 nitrogen and oxygen atoms in total. The van der Waals surface area contributed by atoms with Crippen LogP contribution >= 0.6 is 7.60 Å². The van der Waals surface area contributed by atoms with Crippen LogP contribution in [0.25, 0.3) is 0 Å². The maximum atomic E-state index is 11.9. The Morgan fingerprint density at radius 3 is 2.44 bits per heavy atom. The van der Waals surface area contributed by atoms with Crippen molar-refractivity contribution in [2.75, 3.05) is 20.4 Å². The molecule has 0 saturated carbocycles. The van der Waals surface area contributed by atoms with Gasteiger partial charge in [0, 0.05) is 14.2 Å². The van der Waals surface area contributed by atoms with Crippen LogP contribution in [-0.4, -0.2) is 32.1 Å². The minimum absolute atomic E-state index is 0.0202. The summed E-state index contributed by atoms with van der Waals surface area (Å²) in [7, 11) is -0.152. The first kappa shape index (κ1) is 11.5. The molecule has 2 rings (SSSR count). The largest absolute Gasteiger partial charge is 0.332 e. The number of hydrogen-bond donors (Lipinski definition) is 0. The summed E-state index contributed by atoms with van der Waals surface area (Å²) in [5.74, 6) is 0. The van der Waals surface area contributed by atoms with Crippen LogP contribution in [0.2, 0.25) is 0 Å². The molecule has 0 spiro atoms. The van der Waals surface area contributed by atoms with Crippen LogP contribution in [0.1, 0.15) is 5.56 Å². The maximum Gasteiger partial charge on any atom is 0.332 e. The van der Waals surface area contributed by atoms with Gasteiger partial charge in [0.2, 0.25) is 0 Å². The number of nitrogens with zero attached hydrogens (tertiary/aromatic N) is 1. The molecule has 1 atom stereocenters. The Labute approximate surface area is 94.8 Å². The molecular weight excluding hydrogens is 225 g/mol. The van der Waals surface area contributed by atoms with Crippen molar-refractivity contribution >= 4 is 13.3 Å². The van der Waals surface area contributed by atoms with Crippen molar-refractivity contribution in [1.29, 1.82) is 0 Å². The van der Waals surface area contributed by atoms with Gasteiger partial charge in [0.25, 0.3) is 0 Å². The second-order valence-electron chi connectivity index (χ2n) is 3.55. The van der Waals surface area contributed by atoms with Crippen LogP contribution in [0.4, 0.5) is 0 Å². The minimum atomic E-state index is -2.95. The van der Waals surface area contributed by atoms with E-state index in [1.165, 1.54) is 14.2 Å². The highest BCUT2D eigenvalue weighted by Gasteiger charge is 2.37. The van der Waals surface area contributed by atoms with Crippen LogP contribution in [0.5, 0.6) is 0 Å². The molecule has 5 heteroatoms. The minimum Gasteiger partial charge on any atom is -0.312 e. The number of benzene rings is 1. The van der Waals surface area contributed by atoms with Crippen molar-refractivity contribution in [2.24, 2.45) is 4.99 Å². The predicted octanol–water partition coefficient (Wildman–Crippen LogP) is 2.34. The molecule has 1 aromatic carbocycles. The zero-order valence-electron chi connectivity index (χ0n) is 9.29. The summed E-state index contributed by atoms with van der Waals surface area (Å²) in [4.78, 5) is 4.29. The van der Waals surface area contributed by atoms with Crippen molar-refractivity contribution in [1.82, 2.24) is 0 Å². The van der Waals surface area contributed by atoms with E-state index in [0.29, 0.717) is 6.16 Å². The topological polar surface area (TPSA) is 47.9 Å². The zero-order chi connectivity index (χ0) is 11.6. The van der Waals surface area contributed by atoms with Crippen LogP contribution in [0, 0.1) is 0 Å². The van der Waals surface area contributed by atoms with E-state index in [1.54, 1.807) is 0 Å². The summed E-state index contributed by atoms with van der Waals surface area (Å²) in [6, 6.07) is 9.83. The third kappa shape index (κ3) is 2.40. The molecule has 0 aromatic heterocycles. The van der Waals surface area contributed by atoms with Gasteiger partial charge in [-0.05, 0) is 5.56 Å². The molecule has 16 heavy (non-hydrogen) atoms. The molecule has 1 aromatic rings. The lowest BCUT2D eigenvalue weighted by Crippen LogP contribution is -2.07. The average molecular weight is 239 g/mol. The van der Waals surface area contributed by atoms with Crippen molar-refractivity contribution in [2.45, 2.75) is 6.04 Å². The molecule has 1 aliphatic rings. The van der Waals surface area contributed by atoms with Gasteiger partial charge in [-0.2, -0.15) is 0 Å². The quantitative estimate of drug-likeness (QED) is 0.741. The second kappa shape index (κ2) is 4.50. The monoisotopic (exact) mass is 239 g/mol. The van der Waals surface area contributed by atoms with Crippen molar-refractivity contribution in [3.8, 4) is 0 Å². The van der Waals surface area contributed by atoms with Crippen molar-refractivity contribution in [3.05, 3.63) is 35.9 Å². The Morgan fingerprint density at radius 1 is 1.25 bits per heavy atom. The molecule has 0 saturated heterocycles.